The lowest BCUT2D eigenvalue weighted by Crippen LogP contribution is -2.23. The van der Waals surface area contributed by atoms with Crippen molar-refractivity contribution in [1.82, 2.24) is 9.55 Å². The Morgan fingerprint density at radius 1 is 1.37 bits per heavy atom. The molecule has 0 aliphatic heterocycles. The molecule has 0 saturated carbocycles. The maximum Gasteiger partial charge on any atom is 0.262 e. The van der Waals surface area contributed by atoms with Crippen molar-refractivity contribution in [3.63, 3.8) is 0 Å². The molecule has 0 unspecified atom stereocenters. The molecule has 3 rings (SSSR count). The molecule has 0 atom stereocenters. The van der Waals surface area contributed by atoms with Gasteiger partial charge in [-0.25, -0.2) is 4.98 Å². The quantitative estimate of drug-likeness (QED) is 0.697. The fourth-order valence-corrected chi connectivity index (χ4v) is 3.34. The molecule has 0 amide bonds. The molecule has 6 heteroatoms. The third-order valence-electron chi connectivity index (χ3n) is 2.78. The Morgan fingerprint density at radius 3 is 2.95 bits per heavy atom. The lowest BCUT2D eigenvalue weighted by atomic mass is 10.3. The van der Waals surface area contributed by atoms with Crippen LogP contribution in [0.25, 0.3) is 10.2 Å². The first-order valence-corrected chi connectivity index (χ1v) is 7.37. The maximum absolute atomic E-state index is 12.1. The van der Waals surface area contributed by atoms with Crippen LogP contribution in [0.4, 0.5) is 0 Å². The second-order valence-electron chi connectivity index (χ2n) is 4.15. The fourth-order valence-electron chi connectivity index (χ4n) is 1.82. The van der Waals surface area contributed by atoms with Crippen LogP contribution in [0.5, 0.6) is 0 Å². The van der Waals surface area contributed by atoms with Gasteiger partial charge in [-0.3, -0.25) is 14.2 Å². The van der Waals surface area contributed by atoms with E-state index in [4.69, 9.17) is 0 Å². The van der Waals surface area contributed by atoms with Gasteiger partial charge in [-0.15, -0.1) is 22.7 Å². The van der Waals surface area contributed by atoms with Gasteiger partial charge >= 0.3 is 0 Å². The van der Waals surface area contributed by atoms with E-state index in [0.717, 1.165) is 4.88 Å². The van der Waals surface area contributed by atoms with E-state index in [0.29, 0.717) is 15.1 Å². The van der Waals surface area contributed by atoms with Crippen LogP contribution < -0.4 is 5.56 Å². The average molecular weight is 290 g/mol. The normalized spacial score (nSPS) is 11.0. The fraction of sp³-hybridized carbons (Fsp3) is 0.154. The Morgan fingerprint density at radius 2 is 2.21 bits per heavy atom. The number of hydrogen-bond donors (Lipinski definition) is 0. The molecule has 3 aromatic rings. The maximum atomic E-state index is 12.1. The molecular weight excluding hydrogens is 280 g/mol. The van der Waals surface area contributed by atoms with E-state index in [1.54, 1.807) is 12.1 Å². The van der Waals surface area contributed by atoms with Crippen LogP contribution in [-0.4, -0.2) is 15.3 Å². The molecule has 0 N–H and O–H groups in total. The molecule has 0 bridgehead atoms. The summed E-state index contributed by atoms with van der Waals surface area (Å²) in [4.78, 5) is 30.9. The van der Waals surface area contributed by atoms with Crippen LogP contribution in [0.2, 0.25) is 0 Å². The van der Waals surface area contributed by atoms with E-state index in [1.165, 1.54) is 33.6 Å². The average Bonchev–Trinajstić information content (AvgIpc) is 3.01. The SMILES string of the molecule is Cc1ccc(C(=O)Cn2cnc3sccc3c2=O)s1. The molecular formula is C13H10N2O2S2. The molecule has 0 aliphatic carbocycles. The number of carbonyl (C=O) groups is 1. The van der Waals surface area contributed by atoms with Crippen molar-refractivity contribution in [2.24, 2.45) is 0 Å². The molecule has 0 radical (unpaired) electrons. The third kappa shape index (κ3) is 2.24. The Kier molecular flexibility index (Phi) is 3.04. The predicted octanol–water partition coefficient (Wildman–Crippen LogP) is 2.71. The van der Waals surface area contributed by atoms with Crippen molar-refractivity contribution in [3.05, 3.63) is 50.0 Å². The summed E-state index contributed by atoms with van der Waals surface area (Å²) < 4.78 is 1.37. The Balaban J connectivity index is 1.95. The zero-order valence-corrected chi connectivity index (χ0v) is 11.8. The molecule has 0 saturated heterocycles. The number of rotatable bonds is 3. The molecule has 4 nitrogen and oxygen atoms in total. The monoisotopic (exact) mass is 290 g/mol. The molecule has 0 aliphatic rings. The molecule has 3 aromatic heterocycles. The highest BCUT2D eigenvalue weighted by molar-refractivity contribution is 7.16. The van der Waals surface area contributed by atoms with E-state index >= 15 is 0 Å². The summed E-state index contributed by atoms with van der Waals surface area (Å²) in [6.07, 6.45) is 1.44. The highest BCUT2D eigenvalue weighted by atomic mass is 32.1. The zero-order chi connectivity index (χ0) is 13.4. The van der Waals surface area contributed by atoms with Crippen LogP contribution in [0.15, 0.2) is 34.7 Å². The minimum absolute atomic E-state index is 0.0393. The van der Waals surface area contributed by atoms with Crippen molar-refractivity contribution in [3.8, 4) is 0 Å². The summed E-state index contributed by atoms with van der Waals surface area (Å²) in [5.41, 5.74) is -0.159. The molecule has 0 spiro atoms. The number of thiophene rings is 2. The van der Waals surface area contributed by atoms with Gasteiger partial charge in [-0.1, -0.05) is 0 Å². The number of carbonyl (C=O) groups excluding carboxylic acids is 1. The second kappa shape index (κ2) is 4.71. The summed E-state index contributed by atoms with van der Waals surface area (Å²) in [7, 11) is 0. The number of ketones is 1. The lowest BCUT2D eigenvalue weighted by Gasteiger charge is -2.02. The third-order valence-corrected chi connectivity index (χ3v) is 4.64. The second-order valence-corrected chi connectivity index (χ2v) is 6.33. The minimum Gasteiger partial charge on any atom is -0.291 e. The van der Waals surface area contributed by atoms with Crippen molar-refractivity contribution >= 4 is 38.7 Å². The van der Waals surface area contributed by atoms with E-state index < -0.39 is 0 Å². The molecule has 19 heavy (non-hydrogen) atoms. The highest BCUT2D eigenvalue weighted by Crippen LogP contribution is 2.17. The van der Waals surface area contributed by atoms with Crippen LogP contribution in [0.1, 0.15) is 14.5 Å². The Labute approximate surface area is 117 Å². The zero-order valence-electron chi connectivity index (χ0n) is 10.1. The molecule has 96 valence electrons. The summed E-state index contributed by atoms with van der Waals surface area (Å²) in [6, 6.07) is 5.44. The molecule has 0 aromatic carbocycles. The van der Waals surface area contributed by atoms with Gasteiger partial charge < -0.3 is 0 Å². The summed E-state index contributed by atoms with van der Waals surface area (Å²) in [5, 5.41) is 2.40. The summed E-state index contributed by atoms with van der Waals surface area (Å²) in [6.45, 7) is 1.99. The number of aryl methyl sites for hydroxylation is 1. The van der Waals surface area contributed by atoms with Gasteiger partial charge in [0.15, 0.2) is 5.78 Å². The van der Waals surface area contributed by atoms with Gasteiger partial charge in [0, 0.05) is 4.88 Å². The largest absolute Gasteiger partial charge is 0.291 e. The predicted molar refractivity (Wildman–Crippen MR) is 77.3 cm³/mol. The van der Waals surface area contributed by atoms with Gasteiger partial charge in [0.1, 0.15) is 4.83 Å². The van der Waals surface area contributed by atoms with E-state index in [2.05, 4.69) is 4.98 Å². The minimum atomic E-state index is -0.159. The molecule has 3 heterocycles. The Hall–Kier alpha value is -1.79. The van der Waals surface area contributed by atoms with Crippen molar-refractivity contribution in [1.29, 1.82) is 0 Å². The number of hydrogen-bond acceptors (Lipinski definition) is 5. The smallest absolute Gasteiger partial charge is 0.262 e. The Bertz CT molecular complexity index is 813. The van der Waals surface area contributed by atoms with Crippen LogP contribution in [-0.2, 0) is 6.54 Å². The van der Waals surface area contributed by atoms with Crippen LogP contribution in [0, 0.1) is 6.92 Å². The molecule has 0 fully saturated rings. The lowest BCUT2D eigenvalue weighted by molar-refractivity contribution is 0.0974. The first kappa shape index (κ1) is 12.3. The van der Waals surface area contributed by atoms with Crippen molar-refractivity contribution < 1.29 is 4.79 Å². The van der Waals surface area contributed by atoms with Crippen LogP contribution >= 0.6 is 22.7 Å². The highest BCUT2D eigenvalue weighted by Gasteiger charge is 2.12. The van der Waals surface area contributed by atoms with E-state index in [-0.39, 0.29) is 17.9 Å². The van der Waals surface area contributed by atoms with Gasteiger partial charge in [0.25, 0.3) is 5.56 Å². The number of aromatic nitrogens is 2. The number of nitrogens with zero attached hydrogens (tertiary/aromatic N) is 2. The number of Topliss-reactive ketones (excluding diaryl/α,β-unsaturated/α-hetero) is 1. The number of fused-ring (bicyclic) bond motifs is 1. The van der Waals surface area contributed by atoms with Gasteiger partial charge in [-0.2, -0.15) is 0 Å². The summed E-state index contributed by atoms with van der Waals surface area (Å²) in [5.74, 6) is -0.0587. The first-order chi connectivity index (χ1) is 9.15. The van der Waals surface area contributed by atoms with Gasteiger partial charge in [-0.05, 0) is 30.5 Å². The van der Waals surface area contributed by atoms with Crippen molar-refractivity contribution in [2.45, 2.75) is 13.5 Å². The van der Waals surface area contributed by atoms with Crippen molar-refractivity contribution in [2.75, 3.05) is 0 Å². The van der Waals surface area contributed by atoms with Gasteiger partial charge in [0.2, 0.25) is 0 Å². The summed E-state index contributed by atoms with van der Waals surface area (Å²) >= 11 is 2.86. The standard InChI is InChI=1S/C13H10N2O2S2/c1-8-2-3-11(19-8)10(16)6-15-7-14-12-9(13(15)17)4-5-18-12/h2-5,7H,6H2,1H3. The van der Waals surface area contributed by atoms with Gasteiger partial charge in [0.05, 0.1) is 23.1 Å². The first-order valence-electron chi connectivity index (χ1n) is 5.67. The topological polar surface area (TPSA) is 52.0 Å². The van der Waals surface area contributed by atoms with E-state index in [9.17, 15) is 9.59 Å². The van der Waals surface area contributed by atoms with Crippen LogP contribution in [0.3, 0.4) is 0 Å². The van der Waals surface area contributed by atoms with E-state index in [1.807, 2.05) is 18.4 Å².